The van der Waals surface area contributed by atoms with Crippen LogP contribution in [0.25, 0.3) is 0 Å². The van der Waals surface area contributed by atoms with Crippen molar-refractivity contribution in [3.8, 4) is 0 Å². The van der Waals surface area contributed by atoms with Crippen molar-refractivity contribution in [1.29, 1.82) is 0 Å². The summed E-state index contributed by atoms with van der Waals surface area (Å²) in [5.74, 6) is 0.464. The molecule has 1 aromatic rings. The number of methoxy groups -OCH3 is 1. The monoisotopic (exact) mass is 342 g/mol. The summed E-state index contributed by atoms with van der Waals surface area (Å²) in [5.41, 5.74) is -0.236. The molecule has 1 amide bonds. The molecule has 23 heavy (non-hydrogen) atoms. The second-order valence-corrected chi connectivity index (χ2v) is 6.69. The van der Waals surface area contributed by atoms with Crippen LogP contribution in [-0.4, -0.2) is 57.6 Å². The lowest BCUT2D eigenvalue weighted by molar-refractivity contribution is -0.132. The van der Waals surface area contributed by atoms with Gasteiger partial charge >= 0.3 is 5.69 Å². The number of aromatic nitrogens is 3. The van der Waals surface area contributed by atoms with E-state index in [1.807, 2.05) is 4.90 Å². The minimum Gasteiger partial charge on any atom is -0.385 e. The second kappa shape index (κ2) is 9.12. The summed E-state index contributed by atoms with van der Waals surface area (Å²) in [4.78, 5) is 26.2. The second-order valence-electron chi connectivity index (χ2n) is 5.74. The predicted octanol–water partition coefficient (Wildman–Crippen LogP) is 1.49. The minimum absolute atomic E-state index is 0.139. The number of hydrogen-bond donors (Lipinski definition) is 1. The van der Waals surface area contributed by atoms with E-state index < -0.39 is 0 Å². The number of amides is 1. The number of hydrogen-bond acceptors (Lipinski definition) is 5. The van der Waals surface area contributed by atoms with Crippen molar-refractivity contribution in [3.63, 3.8) is 0 Å². The molecule has 0 aliphatic carbocycles. The summed E-state index contributed by atoms with van der Waals surface area (Å²) in [6.07, 6.45) is 5.12. The summed E-state index contributed by atoms with van der Waals surface area (Å²) in [6, 6.07) is 0.361. The first kappa shape index (κ1) is 18.1. The summed E-state index contributed by atoms with van der Waals surface area (Å²) in [5, 5.41) is 7.06. The van der Waals surface area contributed by atoms with Crippen molar-refractivity contribution in [3.05, 3.63) is 10.5 Å². The molecule has 0 bridgehead atoms. The quantitative estimate of drug-likeness (QED) is 0.572. The van der Waals surface area contributed by atoms with Crippen molar-refractivity contribution in [2.75, 3.05) is 26.0 Å². The van der Waals surface area contributed by atoms with Crippen molar-refractivity contribution in [2.45, 2.75) is 56.8 Å². The zero-order valence-corrected chi connectivity index (χ0v) is 14.7. The molecule has 0 spiro atoms. The molecule has 0 saturated carbocycles. The fourth-order valence-electron chi connectivity index (χ4n) is 2.94. The number of carbonyl (C=O) groups excluding carboxylic acids is 1. The lowest BCUT2D eigenvalue weighted by Crippen LogP contribution is -2.44. The number of thioether (sulfide) groups is 1. The van der Waals surface area contributed by atoms with Gasteiger partial charge in [0.1, 0.15) is 0 Å². The molecule has 1 aliphatic rings. The van der Waals surface area contributed by atoms with Gasteiger partial charge in [-0.15, -0.1) is 5.10 Å². The maximum absolute atomic E-state index is 12.5. The molecule has 7 nitrogen and oxygen atoms in total. The third-order valence-corrected chi connectivity index (χ3v) is 5.16. The van der Waals surface area contributed by atoms with Gasteiger partial charge in [-0.1, -0.05) is 18.7 Å². The highest BCUT2D eigenvalue weighted by Gasteiger charge is 2.25. The van der Waals surface area contributed by atoms with Crippen LogP contribution >= 0.6 is 11.8 Å². The molecular weight excluding hydrogens is 316 g/mol. The molecule has 1 aromatic heterocycles. The lowest BCUT2D eigenvalue weighted by atomic mass is 10.0. The van der Waals surface area contributed by atoms with E-state index >= 15 is 0 Å². The molecular formula is C15H26N4O3S. The van der Waals surface area contributed by atoms with E-state index in [2.05, 4.69) is 17.1 Å². The SMILES string of the molecule is CCC1CCCCN1C(=O)CSc1n[nH]c(=O)n1CCCOC. The zero-order chi connectivity index (χ0) is 16.7. The van der Waals surface area contributed by atoms with Gasteiger partial charge < -0.3 is 9.64 Å². The summed E-state index contributed by atoms with van der Waals surface area (Å²) in [6.45, 7) is 4.11. The maximum Gasteiger partial charge on any atom is 0.343 e. The Bertz CT molecular complexity index is 557. The summed E-state index contributed by atoms with van der Waals surface area (Å²) >= 11 is 1.33. The van der Waals surface area contributed by atoms with Crippen LogP contribution in [0.3, 0.4) is 0 Å². The Labute approximate surface area is 140 Å². The molecule has 130 valence electrons. The van der Waals surface area contributed by atoms with E-state index in [0.717, 1.165) is 32.2 Å². The van der Waals surface area contributed by atoms with Gasteiger partial charge in [-0.05, 0) is 32.1 Å². The highest BCUT2D eigenvalue weighted by Crippen LogP contribution is 2.22. The Morgan fingerprint density at radius 2 is 2.30 bits per heavy atom. The Hall–Kier alpha value is -1.28. The molecule has 1 fully saturated rings. The van der Waals surface area contributed by atoms with Crippen LogP contribution in [-0.2, 0) is 16.1 Å². The van der Waals surface area contributed by atoms with Crippen molar-refractivity contribution >= 4 is 17.7 Å². The summed E-state index contributed by atoms with van der Waals surface area (Å²) < 4.78 is 6.58. The van der Waals surface area contributed by atoms with Crippen LogP contribution in [0.1, 0.15) is 39.0 Å². The normalized spacial score (nSPS) is 18.3. The molecule has 1 unspecified atom stereocenters. The molecule has 1 atom stereocenters. The molecule has 0 radical (unpaired) electrons. The van der Waals surface area contributed by atoms with E-state index in [-0.39, 0.29) is 11.6 Å². The average molecular weight is 342 g/mol. The van der Waals surface area contributed by atoms with Gasteiger partial charge in [-0.3, -0.25) is 9.36 Å². The van der Waals surface area contributed by atoms with Crippen LogP contribution in [0.2, 0.25) is 0 Å². The fraction of sp³-hybridized carbons (Fsp3) is 0.800. The topological polar surface area (TPSA) is 80.2 Å². The molecule has 1 N–H and O–H groups in total. The molecule has 0 aromatic carbocycles. The van der Waals surface area contributed by atoms with Crippen molar-refractivity contribution in [1.82, 2.24) is 19.7 Å². The Kier molecular flexibility index (Phi) is 7.16. The van der Waals surface area contributed by atoms with Crippen LogP contribution in [0, 0.1) is 0 Å². The van der Waals surface area contributed by atoms with E-state index in [1.165, 1.54) is 18.2 Å². The Morgan fingerprint density at radius 3 is 3.04 bits per heavy atom. The highest BCUT2D eigenvalue weighted by molar-refractivity contribution is 7.99. The van der Waals surface area contributed by atoms with Gasteiger partial charge in [-0.2, -0.15) is 0 Å². The van der Waals surface area contributed by atoms with E-state index in [0.29, 0.717) is 30.1 Å². The van der Waals surface area contributed by atoms with Crippen molar-refractivity contribution in [2.24, 2.45) is 0 Å². The lowest BCUT2D eigenvalue weighted by Gasteiger charge is -2.35. The van der Waals surface area contributed by atoms with Crippen LogP contribution in [0.5, 0.6) is 0 Å². The van der Waals surface area contributed by atoms with Gasteiger partial charge in [-0.25, -0.2) is 9.89 Å². The van der Waals surface area contributed by atoms with Gasteiger partial charge in [0.05, 0.1) is 5.75 Å². The van der Waals surface area contributed by atoms with Gasteiger partial charge in [0.15, 0.2) is 5.16 Å². The number of likely N-dealkylation sites (tertiary alicyclic amines) is 1. The van der Waals surface area contributed by atoms with Gasteiger partial charge in [0, 0.05) is 32.8 Å². The number of H-pyrrole nitrogens is 1. The first-order valence-electron chi connectivity index (χ1n) is 8.23. The highest BCUT2D eigenvalue weighted by atomic mass is 32.2. The number of rotatable bonds is 8. The molecule has 1 saturated heterocycles. The summed E-state index contributed by atoms with van der Waals surface area (Å²) in [7, 11) is 1.63. The van der Waals surface area contributed by atoms with Crippen LogP contribution < -0.4 is 5.69 Å². The Morgan fingerprint density at radius 1 is 1.48 bits per heavy atom. The number of ether oxygens (including phenoxy) is 1. The largest absolute Gasteiger partial charge is 0.385 e. The molecule has 1 aliphatic heterocycles. The zero-order valence-electron chi connectivity index (χ0n) is 13.9. The minimum atomic E-state index is -0.236. The predicted molar refractivity (Wildman–Crippen MR) is 89.7 cm³/mol. The first-order chi connectivity index (χ1) is 11.2. The average Bonchev–Trinajstić information content (AvgIpc) is 2.93. The van der Waals surface area contributed by atoms with Gasteiger partial charge in [0.25, 0.3) is 0 Å². The number of carbonyl (C=O) groups is 1. The number of aromatic amines is 1. The van der Waals surface area contributed by atoms with Crippen molar-refractivity contribution < 1.29 is 9.53 Å². The van der Waals surface area contributed by atoms with E-state index in [1.54, 1.807) is 11.7 Å². The third kappa shape index (κ3) is 4.84. The first-order valence-corrected chi connectivity index (χ1v) is 9.22. The Balaban J connectivity index is 1.92. The fourth-order valence-corrected chi connectivity index (χ4v) is 3.80. The number of piperidine rings is 1. The third-order valence-electron chi connectivity index (χ3n) is 4.20. The van der Waals surface area contributed by atoms with E-state index in [4.69, 9.17) is 4.74 Å². The van der Waals surface area contributed by atoms with E-state index in [9.17, 15) is 9.59 Å². The van der Waals surface area contributed by atoms with Gasteiger partial charge in [0.2, 0.25) is 5.91 Å². The number of nitrogens with one attached hydrogen (secondary N) is 1. The molecule has 8 heteroatoms. The number of nitrogens with zero attached hydrogens (tertiary/aromatic N) is 3. The molecule has 2 rings (SSSR count). The molecule has 2 heterocycles. The van der Waals surface area contributed by atoms with Crippen LogP contribution in [0.4, 0.5) is 0 Å². The maximum atomic E-state index is 12.5. The smallest absolute Gasteiger partial charge is 0.343 e. The van der Waals surface area contributed by atoms with Crippen LogP contribution in [0.15, 0.2) is 9.95 Å². The standard InChI is InChI=1S/C15H26N4O3S/c1-3-12-7-4-5-8-18(12)13(20)11-23-15-17-16-14(21)19(15)9-6-10-22-2/h12H,3-11H2,1-2H3,(H,16,21).